The van der Waals surface area contributed by atoms with Crippen LogP contribution in [0.5, 0.6) is 0 Å². The molecule has 1 heteroatoms. The first-order valence-corrected chi connectivity index (χ1v) is 5.31. The van der Waals surface area contributed by atoms with Crippen molar-refractivity contribution in [3.05, 3.63) is 24.3 Å². The molecule has 0 spiro atoms. The minimum atomic E-state index is -0.0216. The predicted molar refractivity (Wildman–Crippen MR) is 62.3 cm³/mol. The minimum absolute atomic E-state index is 0.0216. The van der Waals surface area contributed by atoms with Crippen LogP contribution in [-0.4, -0.2) is 6.29 Å². The molecular formula is C13H22O. The van der Waals surface area contributed by atoms with Gasteiger partial charge in [-0.05, 0) is 31.6 Å². The number of allylic oxidation sites excluding steroid dienone is 3. The Kier molecular flexibility index (Phi) is 6.18. The number of rotatable bonds is 7. The summed E-state index contributed by atoms with van der Waals surface area (Å²) in [4.78, 5) is 10.5. The van der Waals surface area contributed by atoms with Gasteiger partial charge >= 0.3 is 0 Å². The van der Waals surface area contributed by atoms with Crippen molar-refractivity contribution in [2.75, 3.05) is 0 Å². The van der Waals surface area contributed by atoms with E-state index in [0.717, 1.165) is 25.5 Å². The molecule has 0 fully saturated rings. The molecule has 0 heterocycles. The highest BCUT2D eigenvalue weighted by Crippen LogP contribution is 2.28. The van der Waals surface area contributed by atoms with E-state index in [1.54, 1.807) is 0 Å². The Morgan fingerprint density at radius 1 is 1.50 bits per heavy atom. The van der Waals surface area contributed by atoms with Gasteiger partial charge in [0.2, 0.25) is 0 Å². The fourth-order valence-corrected chi connectivity index (χ4v) is 1.27. The molecule has 0 rings (SSSR count). The van der Waals surface area contributed by atoms with Crippen molar-refractivity contribution in [1.82, 2.24) is 0 Å². The number of carbonyl (C=O) groups excluding carboxylic acids is 1. The molecule has 14 heavy (non-hydrogen) atoms. The first-order valence-electron chi connectivity index (χ1n) is 5.31. The van der Waals surface area contributed by atoms with Crippen LogP contribution in [0.4, 0.5) is 0 Å². The lowest BCUT2D eigenvalue weighted by Crippen LogP contribution is -2.12. The lowest BCUT2D eigenvalue weighted by atomic mass is 9.82. The van der Waals surface area contributed by atoms with E-state index < -0.39 is 0 Å². The van der Waals surface area contributed by atoms with Gasteiger partial charge in [0, 0.05) is 6.42 Å². The van der Waals surface area contributed by atoms with Crippen molar-refractivity contribution in [2.45, 2.75) is 46.5 Å². The van der Waals surface area contributed by atoms with E-state index in [9.17, 15) is 4.79 Å². The number of carbonyl (C=O) groups is 1. The maximum absolute atomic E-state index is 10.5. The first kappa shape index (κ1) is 13.2. The van der Waals surface area contributed by atoms with Crippen molar-refractivity contribution in [1.29, 1.82) is 0 Å². The van der Waals surface area contributed by atoms with E-state index >= 15 is 0 Å². The summed E-state index contributed by atoms with van der Waals surface area (Å²) in [7, 11) is 0. The smallest absolute Gasteiger partial charge is 0.120 e. The van der Waals surface area contributed by atoms with Gasteiger partial charge in [-0.3, -0.25) is 0 Å². The fourth-order valence-electron chi connectivity index (χ4n) is 1.27. The van der Waals surface area contributed by atoms with Crippen LogP contribution in [0.3, 0.4) is 0 Å². The SMILES string of the molecule is C=CC(C)(CC=O)CC/C=C(/C)CC. The first-order chi connectivity index (χ1) is 6.58. The molecule has 0 amide bonds. The van der Waals surface area contributed by atoms with Gasteiger partial charge < -0.3 is 4.79 Å². The van der Waals surface area contributed by atoms with Gasteiger partial charge in [0.1, 0.15) is 6.29 Å². The second-order valence-electron chi connectivity index (χ2n) is 4.17. The summed E-state index contributed by atoms with van der Waals surface area (Å²) in [5.74, 6) is 0. The van der Waals surface area contributed by atoms with Crippen LogP contribution in [0, 0.1) is 5.41 Å². The molecule has 0 saturated heterocycles. The molecule has 1 nitrogen and oxygen atoms in total. The average molecular weight is 194 g/mol. The Hall–Kier alpha value is -0.850. The third kappa shape index (κ3) is 5.00. The van der Waals surface area contributed by atoms with Crippen LogP contribution >= 0.6 is 0 Å². The quantitative estimate of drug-likeness (QED) is 0.443. The van der Waals surface area contributed by atoms with E-state index in [1.807, 2.05) is 6.08 Å². The molecule has 0 aliphatic heterocycles. The van der Waals surface area contributed by atoms with E-state index in [1.165, 1.54) is 5.57 Å². The Morgan fingerprint density at radius 2 is 2.14 bits per heavy atom. The summed E-state index contributed by atoms with van der Waals surface area (Å²) >= 11 is 0. The Morgan fingerprint density at radius 3 is 2.57 bits per heavy atom. The molecule has 0 aliphatic carbocycles. The maximum atomic E-state index is 10.5. The zero-order chi connectivity index (χ0) is 11.0. The summed E-state index contributed by atoms with van der Waals surface area (Å²) in [5.41, 5.74) is 1.40. The molecule has 0 aromatic heterocycles. The molecule has 0 saturated carbocycles. The molecule has 1 atom stereocenters. The highest BCUT2D eigenvalue weighted by molar-refractivity contribution is 5.51. The van der Waals surface area contributed by atoms with Crippen molar-refractivity contribution in [3.63, 3.8) is 0 Å². The zero-order valence-electron chi connectivity index (χ0n) is 9.68. The Balaban J connectivity index is 4.07. The van der Waals surface area contributed by atoms with Crippen LogP contribution in [-0.2, 0) is 4.79 Å². The summed E-state index contributed by atoms with van der Waals surface area (Å²) in [5, 5.41) is 0. The van der Waals surface area contributed by atoms with Gasteiger partial charge in [0.05, 0.1) is 0 Å². The summed E-state index contributed by atoms with van der Waals surface area (Å²) in [6.45, 7) is 10.2. The lowest BCUT2D eigenvalue weighted by molar-refractivity contribution is -0.109. The number of hydrogen-bond acceptors (Lipinski definition) is 1. The zero-order valence-corrected chi connectivity index (χ0v) is 9.68. The van der Waals surface area contributed by atoms with Crippen LogP contribution in [0.25, 0.3) is 0 Å². The molecule has 0 N–H and O–H groups in total. The molecule has 0 radical (unpaired) electrons. The van der Waals surface area contributed by atoms with E-state index in [2.05, 4.69) is 33.4 Å². The number of aldehydes is 1. The normalized spacial score (nSPS) is 16.1. The van der Waals surface area contributed by atoms with Gasteiger partial charge in [0.15, 0.2) is 0 Å². The van der Waals surface area contributed by atoms with Crippen LogP contribution in [0.15, 0.2) is 24.3 Å². The third-order valence-electron chi connectivity index (χ3n) is 2.81. The molecular weight excluding hydrogens is 172 g/mol. The largest absolute Gasteiger partial charge is 0.303 e. The Bertz CT molecular complexity index is 215. The molecule has 80 valence electrons. The standard InChI is InChI=1S/C13H22O/c1-5-12(3)8-7-9-13(4,6-2)10-11-14/h6,8,11H,2,5,7,9-10H2,1,3-4H3/b12-8-. The van der Waals surface area contributed by atoms with Crippen molar-refractivity contribution >= 4 is 6.29 Å². The van der Waals surface area contributed by atoms with Gasteiger partial charge in [-0.15, -0.1) is 6.58 Å². The average Bonchev–Trinajstić information content (AvgIpc) is 2.18. The van der Waals surface area contributed by atoms with Crippen LogP contribution < -0.4 is 0 Å². The Labute approximate surface area is 87.9 Å². The summed E-state index contributed by atoms with van der Waals surface area (Å²) < 4.78 is 0. The van der Waals surface area contributed by atoms with Gasteiger partial charge in [0.25, 0.3) is 0 Å². The predicted octanol–water partition coefficient (Wildman–Crippen LogP) is 3.90. The molecule has 0 aromatic carbocycles. The third-order valence-corrected chi connectivity index (χ3v) is 2.81. The van der Waals surface area contributed by atoms with Crippen molar-refractivity contribution in [3.8, 4) is 0 Å². The van der Waals surface area contributed by atoms with E-state index in [0.29, 0.717) is 6.42 Å². The highest BCUT2D eigenvalue weighted by Gasteiger charge is 2.18. The summed E-state index contributed by atoms with van der Waals surface area (Å²) in [6.07, 6.45) is 8.87. The molecule has 0 bridgehead atoms. The van der Waals surface area contributed by atoms with Crippen LogP contribution in [0.1, 0.15) is 46.5 Å². The van der Waals surface area contributed by atoms with Crippen molar-refractivity contribution < 1.29 is 4.79 Å². The molecule has 0 aliphatic rings. The summed E-state index contributed by atoms with van der Waals surface area (Å²) in [6, 6.07) is 0. The van der Waals surface area contributed by atoms with Gasteiger partial charge in [-0.25, -0.2) is 0 Å². The van der Waals surface area contributed by atoms with E-state index in [4.69, 9.17) is 0 Å². The van der Waals surface area contributed by atoms with Gasteiger partial charge in [-0.2, -0.15) is 0 Å². The second-order valence-corrected chi connectivity index (χ2v) is 4.17. The molecule has 1 unspecified atom stereocenters. The number of hydrogen-bond donors (Lipinski definition) is 0. The molecule has 0 aromatic rings. The highest BCUT2D eigenvalue weighted by atomic mass is 16.1. The van der Waals surface area contributed by atoms with Crippen molar-refractivity contribution in [2.24, 2.45) is 5.41 Å². The monoisotopic (exact) mass is 194 g/mol. The van der Waals surface area contributed by atoms with Crippen LogP contribution in [0.2, 0.25) is 0 Å². The lowest BCUT2D eigenvalue weighted by Gasteiger charge is -2.22. The maximum Gasteiger partial charge on any atom is 0.120 e. The second kappa shape index (κ2) is 6.58. The van der Waals surface area contributed by atoms with Gasteiger partial charge in [-0.1, -0.05) is 31.6 Å². The fraction of sp³-hybridized carbons (Fsp3) is 0.615. The topological polar surface area (TPSA) is 17.1 Å². The van der Waals surface area contributed by atoms with E-state index in [-0.39, 0.29) is 5.41 Å². The minimum Gasteiger partial charge on any atom is -0.303 e.